The zero-order valence-corrected chi connectivity index (χ0v) is 23.9. The molecule has 1 aromatic carbocycles. The van der Waals surface area contributed by atoms with E-state index in [0.29, 0.717) is 29.9 Å². The maximum atomic E-state index is 11.1. The standard InChI is InChI=1S/C12H18O2.C10H9N3O2.C3H8.2C2H6/c1-10-4-6-11(7-5-10)14-12(2,3)8-9-13;1-7(15)9-5-13-4-8(11-6-14)2-3-10(13)12-9;1-3-2;2*1-2/h4-7,13H,8-9H2,1-3H3;2-6H,1H3,(H,11,14);3H2,1-2H3;2*1-2H3. The predicted octanol–water partition coefficient (Wildman–Crippen LogP) is 7.11. The van der Waals surface area contributed by atoms with Crippen LogP contribution in [0.15, 0.2) is 48.8 Å². The number of ketones is 1. The van der Waals surface area contributed by atoms with Crippen molar-refractivity contribution >= 4 is 23.5 Å². The first kappa shape index (κ1) is 35.0. The van der Waals surface area contributed by atoms with Gasteiger partial charge in [0.05, 0.1) is 5.69 Å². The minimum absolute atomic E-state index is 0.0800. The van der Waals surface area contributed by atoms with Crippen molar-refractivity contribution in [2.75, 3.05) is 11.9 Å². The molecule has 0 aliphatic heterocycles. The highest BCUT2D eigenvalue weighted by Gasteiger charge is 2.18. The number of nitrogens with one attached hydrogen (secondary N) is 1. The Morgan fingerprint density at radius 3 is 2.08 bits per heavy atom. The Morgan fingerprint density at radius 2 is 1.61 bits per heavy atom. The maximum absolute atomic E-state index is 11.1. The average Bonchev–Trinajstić information content (AvgIpc) is 3.28. The number of anilines is 1. The number of hydrogen-bond acceptors (Lipinski definition) is 5. The molecule has 7 heteroatoms. The van der Waals surface area contributed by atoms with E-state index in [4.69, 9.17) is 9.84 Å². The van der Waals surface area contributed by atoms with Crippen LogP contribution >= 0.6 is 0 Å². The summed E-state index contributed by atoms with van der Waals surface area (Å²) in [5.74, 6) is 0.776. The van der Waals surface area contributed by atoms with E-state index in [9.17, 15) is 9.59 Å². The Hall–Kier alpha value is -3.19. The summed E-state index contributed by atoms with van der Waals surface area (Å²) in [5.41, 5.74) is 2.67. The fraction of sp³-hybridized carbons (Fsp3) is 0.483. The van der Waals surface area contributed by atoms with Crippen molar-refractivity contribution in [2.24, 2.45) is 0 Å². The lowest BCUT2D eigenvalue weighted by atomic mass is 10.1. The van der Waals surface area contributed by atoms with E-state index in [0.717, 1.165) is 5.75 Å². The number of pyridine rings is 1. The van der Waals surface area contributed by atoms with E-state index in [1.54, 1.807) is 28.9 Å². The summed E-state index contributed by atoms with van der Waals surface area (Å²) < 4.78 is 7.43. The molecule has 7 nitrogen and oxygen atoms in total. The molecule has 0 bridgehead atoms. The molecule has 3 rings (SSSR count). The molecule has 3 aromatic rings. The van der Waals surface area contributed by atoms with Crippen molar-refractivity contribution in [3.8, 4) is 5.75 Å². The highest BCUT2D eigenvalue weighted by molar-refractivity contribution is 5.92. The zero-order chi connectivity index (χ0) is 28.1. The smallest absolute Gasteiger partial charge is 0.211 e. The highest BCUT2D eigenvalue weighted by atomic mass is 16.5. The molecule has 0 radical (unpaired) electrons. The van der Waals surface area contributed by atoms with Crippen molar-refractivity contribution in [1.29, 1.82) is 0 Å². The lowest BCUT2D eigenvalue weighted by Crippen LogP contribution is -2.29. The lowest BCUT2D eigenvalue weighted by Gasteiger charge is -2.25. The molecule has 0 spiro atoms. The third-order valence-electron chi connectivity index (χ3n) is 4.17. The largest absolute Gasteiger partial charge is 0.488 e. The number of aliphatic hydroxyl groups excluding tert-OH is 1. The second kappa shape index (κ2) is 20.0. The number of rotatable bonds is 7. The first-order chi connectivity index (χ1) is 17.1. The normalized spacial score (nSPS) is 9.53. The van der Waals surface area contributed by atoms with Crippen LogP contribution in [0.3, 0.4) is 0 Å². The molecular formula is C29H47N3O4. The molecule has 0 aliphatic rings. The first-order valence-corrected chi connectivity index (χ1v) is 12.7. The van der Waals surface area contributed by atoms with E-state index in [1.807, 2.05) is 72.7 Å². The molecule has 0 saturated carbocycles. The summed E-state index contributed by atoms with van der Waals surface area (Å²) in [7, 11) is 0. The molecular weight excluding hydrogens is 454 g/mol. The number of ether oxygens (including phenoxy) is 1. The number of carbonyl (C=O) groups is 2. The van der Waals surface area contributed by atoms with Gasteiger partial charge in [0, 0.05) is 32.3 Å². The number of Topliss-reactive ketones (excluding diaryl/α,β-unsaturated/α-hetero) is 1. The van der Waals surface area contributed by atoms with Gasteiger partial charge in [0.1, 0.15) is 22.7 Å². The summed E-state index contributed by atoms with van der Waals surface area (Å²) in [6.07, 6.45) is 5.82. The zero-order valence-electron chi connectivity index (χ0n) is 23.9. The van der Waals surface area contributed by atoms with E-state index in [1.165, 1.54) is 18.9 Å². The van der Waals surface area contributed by atoms with Crippen LogP contribution in [-0.4, -0.2) is 38.9 Å². The Labute approximate surface area is 217 Å². The van der Waals surface area contributed by atoms with Crippen molar-refractivity contribution in [3.05, 3.63) is 60.0 Å². The number of carbonyl (C=O) groups excluding carboxylic acids is 2. The van der Waals surface area contributed by atoms with Gasteiger partial charge in [-0.1, -0.05) is 65.7 Å². The molecule has 36 heavy (non-hydrogen) atoms. The number of amides is 1. The van der Waals surface area contributed by atoms with Gasteiger partial charge >= 0.3 is 0 Å². The number of aryl methyl sites for hydroxylation is 1. The van der Waals surface area contributed by atoms with E-state index < -0.39 is 0 Å². The Balaban J connectivity index is 0. The highest BCUT2D eigenvalue weighted by Crippen LogP contribution is 2.20. The molecule has 202 valence electrons. The molecule has 0 aliphatic carbocycles. The quantitative estimate of drug-likeness (QED) is 0.266. The van der Waals surface area contributed by atoms with Crippen LogP contribution in [-0.2, 0) is 4.79 Å². The molecule has 0 atom stereocenters. The van der Waals surface area contributed by atoms with E-state index >= 15 is 0 Å². The molecule has 2 N–H and O–H groups in total. The Bertz CT molecular complexity index is 980. The van der Waals surface area contributed by atoms with Crippen LogP contribution in [0, 0.1) is 6.92 Å². The summed E-state index contributed by atoms with van der Waals surface area (Å²) in [6, 6.07) is 11.4. The number of benzene rings is 1. The molecule has 2 aromatic heterocycles. The third-order valence-corrected chi connectivity index (χ3v) is 4.17. The number of hydrogen-bond donors (Lipinski definition) is 2. The van der Waals surface area contributed by atoms with Crippen LogP contribution in [0.25, 0.3) is 5.65 Å². The van der Waals surface area contributed by atoms with Crippen LogP contribution in [0.1, 0.15) is 91.2 Å². The molecule has 0 saturated heterocycles. The fourth-order valence-corrected chi connectivity index (χ4v) is 2.56. The Kier molecular flexibility index (Phi) is 19.5. The molecule has 1 amide bonds. The monoisotopic (exact) mass is 501 g/mol. The molecule has 2 heterocycles. The minimum atomic E-state index is -0.302. The lowest BCUT2D eigenvalue weighted by molar-refractivity contribution is -0.105. The van der Waals surface area contributed by atoms with Crippen LogP contribution in [0.4, 0.5) is 5.69 Å². The van der Waals surface area contributed by atoms with Gasteiger partial charge in [0.25, 0.3) is 0 Å². The summed E-state index contributed by atoms with van der Waals surface area (Å²) in [6.45, 7) is 19.9. The van der Waals surface area contributed by atoms with Crippen LogP contribution < -0.4 is 10.1 Å². The van der Waals surface area contributed by atoms with Gasteiger partial charge < -0.3 is 19.6 Å². The summed E-state index contributed by atoms with van der Waals surface area (Å²) >= 11 is 0. The molecule has 0 unspecified atom stereocenters. The van der Waals surface area contributed by atoms with Gasteiger partial charge in [-0.15, -0.1) is 0 Å². The van der Waals surface area contributed by atoms with Crippen LogP contribution in [0.2, 0.25) is 0 Å². The Morgan fingerprint density at radius 1 is 1.06 bits per heavy atom. The SMILES string of the molecule is CC.CC.CC(=O)c1cn2cc(NC=O)ccc2n1.CCC.Cc1ccc(OC(C)(C)CCO)cc1. The number of aliphatic hydroxyl groups is 1. The number of imidazole rings is 1. The third kappa shape index (κ3) is 14.3. The van der Waals surface area contributed by atoms with Gasteiger partial charge in [0.2, 0.25) is 6.41 Å². The summed E-state index contributed by atoms with van der Waals surface area (Å²) in [4.78, 5) is 25.4. The minimum Gasteiger partial charge on any atom is -0.488 e. The topological polar surface area (TPSA) is 92.9 Å². The van der Waals surface area contributed by atoms with Crippen molar-refractivity contribution in [2.45, 2.75) is 87.7 Å². The van der Waals surface area contributed by atoms with E-state index in [2.05, 4.69) is 24.1 Å². The maximum Gasteiger partial charge on any atom is 0.211 e. The van der Waals surface area contributed by atoms with Crippen molar-refractivity contribution in [1.82, 2.24) is 9.38 Å². The van der Waals surface area contributed by atoms with E-state index in [-0.39, 0.29) is 18.0 Å². The van der Waals surface area contributed by atoms with Gasteiger partial charge in [0.15, 0.2) is 5.78 Å². The van der Waals surface area contributed by atoms with Gasteiger partial charge in [-0.2, -0.15) is 0 Å². The van der Waals surface area contributed by atoms with Crippen molar-refractivity contribution in [3.63, 3.8) is 0 Å². The average molecular weight is 502 g/mol. The first-order valence-electron chi connectivity index (χ1n) is 12.7. The number of fused-ring (bicyclic) bond motifs is 1. The van der Waals surface area contributed by atoms with Crippen molar-refractivity contribution < 1.29 is 19.4 Å². The number of nitrogens with zero attached hydrogens (tertiary/aromatic N) is 2. The fourth-order valence-electron chi connectivity index (χ4n) is 2.56. The summed E-state index contributed by atoms with van der Waals surface area (Å²) in [5, 5.41) is 11.4. The van der Waals surface area contributed by atoms with Gasteiger partial charge in [-0.3, -0.25) is 9.59 Å². The second-order valence-electron chi connectivity index (χ2n) is 7.98. The predicted molar refractivity (Wildman–Crippen MR) is 151 cm³/mol. The van der Waals surface area contributed by atoms with Crippen LogP contribution in [0.5, 0.6) is 5.75 Å². The van der Waals surface area contributed by atoms with Gasteiger partial charge in [-0.25, -0.2) is 4.98 Å². The number of aromatic nitrogens is 2. The van der Waals surface area contributed by atoms with Gasteiger partial charge in [-0.05, 0) is 45.0 Å². The second-order valence-corrected chi connectivity index (χ2v) is 7.98. The molecule has 0 fully saturated rings.